The molecule has 0 bridgehead atoms. The number of hydrogen-bond acceptors (Lipinski definition) is 5. The number of aromatic nitrogens is 4. The van der Waals surface area contributed by atoms with Crippen molar-refractivity contribution in [1.82, 2.24) is 18.5 Å². The van der Waals surface area contributed by atoms with Crippen LogP contribution in [0.25, 0.3) is 0 Å². The second-order valence-electron chi connectivity index (χ2n) is 3.50. The molecule has 2 rings (SSSR count). The molecule has 0 fully saturated rings. The van der Waals surface area contributed by atoms with Crippen LogP contribution in [-0.2, 0) is 0 Å². The lowest BCUT2D eigenvalue weighted by Crippen LogP contribution is -2.14. The van der Waals surface area contributed by atoms with Crippen LogP contribution < -0.4 is 0 Å². The summed E-state index contributed by atoms with van der Waals surface area (Å²) in [5.74, 6) is -0.160. The van der Waals surface area contributed by atoms with Crippen molar-refractivity contribution in [1.29, 1.82) is 0 Å². The van der Waals surface area contributed by atoms with Gasteiger partial charge in [-0.15, -0.1) is 0 Å². The van der Waals surface area contributed by atoms with Crippen LogP contribution >= 0.6 is 27.7 Å². The van der Waals surface area contributed by atoms with Gasteiger partial charge in [-0.25, -0.2) is 0 Å². The summed E-state index contributed by atoms with van der Waals surface area (Å²) < 4.78 is 10.1. The minimum absolute atomic E-state index is 0.122. The van der Waals surface area contributed by atoms with E-state index in [0.29, 0.717) is 15.9 Å². The highest BCUT2D eigenvalue weighted by atomic mass is 79.9. The highest BCUT2D eigenvalue weighted by Gasteiger charge is 2.21. The Balaban J connectivity index is 2.48. The molecule has 0 saturated carbocycles. The van der Waals surface area contributed by atoms with Gasteiger partial charge in [-0.05, 0) is 29.8 Å². The first-order chi connectivity index (χ1) is 7.61. The maximum Gasteiger partial charge on any atom is 0.233 e. The molecule has 2 heterocycles. The molecule has 0 spiro atoms. The van der Waals surface area contributed by atoms with Crippen LogP contribution in [0.1, 0.15) is 36.1 Å². The average molecular weight is 301 g/mol. The van der Waals surface area contributed by atoms with Crippen LogP contribution in [0.15, 0.2) is 16.9 Å². The minimum Gasteiger partial charge on any atom is -0.285 e. The predicted molar refractivity (Wildman–Crippen MR) is 63.7 cm³/mol. The van der Waals surface area contributed by atoms with Crippen LogP contribution in [-0.4, -0.2) is 24.3 Å². The van der Waals surface area contributed by atoms with Crippen molar-refractivity contribution in [3.63, 3.8) is 0 Å². The number of halogens is 1. The fourth-order valence-corrected chi connectivity index (χ4v) is 2.20. The Morgan fingerprint density at radius 1 is 1.50 bits per heavy atom. The number of rotatable bonds is 3. The molecule has 5 nitrogen and oxygen atoms in total. The number of nitrogens with zero attached hydrogens (tertiary/aromatic N) is 4. The lowest BCUT2D eigenvalue weighted by molar-refractivity contribution is 0.102. The molecule has 0 amide bonds. The normalized spacial score (nSPS) is 11.0. The van der Waals surface area contributed by atoms with E-state index in [2.05, 4.69) is 29.8 Å². The van der Waals surface area contributed by atoms with Crippen LogP contribution in [0.3, 0.4) is 0 Å². The largest absolute Gasteiger partial charge is 0.285 e. The molecular formula is C9H9BrN4OS. The van der Waals surface area contributed by atoms with E-state index in [1.807, 2.05) is 13.8 Å². The van der Waals surface area contributed by atoms with Gasteiger partial charge in [-0.1, -0.05) is 0 Å². The van der Waals surface area contributed by atoms with Crippen molar-refractivity contribution in [2.75, 3.05) is 0 Å². The second-order valence-corrected chi connectivity index (χ2v) is 4.91. The smallest absolute Gasteiger partial charge is 0.233 e. The zero-order chi connectivity index (χ0) is 11.7. The van der Waals surface area contributed by atoms with Gasteiger partial charge in [0.25, 0.3) is 0 Å². The van der Waals surface area contributed by atoms with Gasteiger partial charge in [-0.3, -0.25) is 9.48 Å². The maximum atomic E-state index is 12.1. The molecule has 0 aromatic carbocycles. The first-order valence-corrected chi connectivity index (χ1v) is 6.19. The van der Waals surface area contributed by atoms with E-state index in [0.717, 1.165) is 11.7 Å². The molecule has 0 aliphatic heterocycles. The van der Waals surface area contributed by atoms with Crippen LogP contribution in [0.4, 0.5) is 0 Å². The van der Waals surface area contributed by atoms with Gasteiger partial charge in [0.1, 0.15) is 11.4 Å². The van der Waals surface area contributed by atoms with Gasteiger partial charge >= 0.3 is 0 Å². The Morgan fingerprint density at radius 3 is 2.81 bits per heavy atom. The molecule has 0 radical (unpaired) electrons. The van der Waals surface area contributed by atoms with E-state index in [9.17, 15) is 4.79 Å². The summed E-state index contributed by atoms with van der Waals surface area (Å²) in [6.45, 7) is 3.94. The van der Waals surface area contributed by atoms with E-state index in [1.165, 1.54) is 6.20 Å². The van der Waals surface area contributed by atoms with Gasteiger partial charge in [0.05, 0.1) is 28.6 Å². The Morgan fingerprint density at radius 2 is 2.25 bits per heavy atom. The number of hydrogen-bond donors (Lipinski definition) is 0. The molecule has 0 N–H and O–H groups in total. The third kappa shape index (κ3) is 1.92. The molecule has 0 aliphatic carbocycles. The molecule has 84 valence electrons. The lowest BCUT2D eigenvalue weighted by atomic mass is 10.2. The highest BCUT2D eigenvalue weighted by Crippen LogP contribution is 2.22. The first kappa shape index (κ1) is 11.4. The number of carbonyl (C=O) groups is 1. The minimum atomic E-state index is -0.160. The molecule has 0 aliphatic rings. The van der Waals surface area contributed by atoms with Gasteiger partial charge < -0.3 is 0 Å². The monoisotopic (exact) mass is 300 g/mol. The third-order valence-electron chi connectivity index (χ3n) is 2.05. The Labute approximate surface area is 105 Å². The second kappa shape index (κ2) is 4.42. The van der Waals surface area contributed by atoms with Gasteiger partial charge in [0.2, 0.25) is 5.78 Å². The van der Waals surface area contributed by atoms with Crippen molar-refractivity contribution < 1.29 is 4.79 Å². The van der Waals surface area contributed by atoms with E-state index >= 15 is 0 Å². The van der Waals surface area contributed by atoms with Crippen molar-refractivity contribution in [3.8, 4) is 0 Å². The molecule has 2 aromatic rings. The van der Waals surface area contributed by atoms with Gasteiger partial charge in [-0.2, -0.15) is 13.8 Å². The molecule has 7 heteroatoms. The van der Waals surface area contributed by atoms with Gasteiger partial charge in [0.15, 0.2) is 0 Å². The van der Waals surface area contributed by atoms with Crippen molar-refractivity contribution in [2.24, 2.45) is 0 Å². The quantitative estimate of drug-likeness (QED) is 0.816. The Hall–Kier alpha value is -1.08. The fraction of sp³-hybridized carbons (Fsp3) is 0.333. The number of carbonyl (C=O) groups excluding carboxylic acids is 1. The summed E-state index contributed by atoms with van der Waals surface area (Å²) >= 11 is 4.34. The van der Waals surface area contributed by atoms with Gasteiger partial charge in [0, 0.05) is 6.04 Å². The van der Waals surface area contributed by atoms with Crippen LogP contribution in [0, 0.1) is 0 Å². The fourth-order valence-electron chi connectivity index (χ4n) is 1.33. The summed E-state index contributed by atoms with van der Waals surface area (Å²) in [4.78, 5) is 12.1. The standard InChI is InChI=1S/C9H9BrN4OS/c1-5(2)14-8(6(10)3-11-14)9(15)7-4-12-16-13-7/h3-5H,1-2H3. The molecular weight excluding hydrogens is 292 g/mol. The molecule has 2 aromatic heterocycles. The summed E-state index contributed by atoms with van der Waals surface area (Å²) in [6, 6.07) is 0.122. The van der Waals surface area contributed by atoms with E-state index < -0.39 is 0 Å². The average Bonchev–Trinajstić information content (AvgIpc) is 2.84. The molecule has 0 atom stereocenters. The summed E-state index contributed by atoms with van der Waals surface area (Å²) in [6.07, 6.45) is 3.09. The lowest BCUT2D eigenvalue weighted by Gasteiger charge is -2.09. The predicted octanol–water partition coefficient (Wildman–Crippen LogP) is 2.31. The maximum absolute atomic E-state index is 12.1. The van der Waals surface area contributed by atoms with E-state index in [1.54, 1.807) is 10.9 Å². The zero-order valence-corrected chi connectivity index (χ0v) is 11.1. The van der Waals surface area contributed by atoms with Crippen LogP contribution in [0.5, 0.6) is 0 Å². The molecule has 0 unspecified atom stereocenters. The zero-order valence-electron chi connectivity index (χ0n) is 8.72. The molecule has 16 heavy (non-hydrogen) atoms. The first-order valence-electron chi connectivity index (χ1n) is 4.66. The summed E-state index contributed by atoms with van der Waals surface area (Å²) in [5.41, 5.74) is 0.871. The van der Waals surface area contributed by atoms with Crippen LogP contribution in [0.2, 0.25) is 0 Å². The molecule has 0 saturated heterocycles. The number of ketones is 1. The summed E-state index contributed by atoms with van der Waals surface area (Å²) in [5, 5.41) is 4.15. The Kier molecular flexibility index (Phi) is 3.15. The highest BCUT2D eigenvalue weighted by molar-refractivity contribution is 9.10. The Bertz CT molecular complexity index is 506. The van der Waals surface area contributed by atoms with Crippen molar-refractivity contribution in [3.05, 3.63) is 28.3 Å². The topological polar surface area (TPSA) is 60.7 Å². The van der Waals surface area contributed by atoms with Crippen molar-refractivity contribution >= 4 is 33.4 Å². The SMILES string of the molecule is CC(C)n1ncc(Br)c1C(=O)c1cnsn1. The van der Waals surface area contributed by atoms with Crippen molar-refractivity contribution in [2.45, 2.75) is 19.9 Å². The third-order valence-corrected chi connectivity index (χ3v) is 3.11. The van der Waals surface area contributed by atoms with E-state index in [-0.39, 0.29) is 11.8 Å². The van der Waals surface area contributed by atoms with E-state index in [4.69, 9.17) is 0 Å². The summed E-state index contributed by atoms with van der Waals surface area (Å²) in [7, 11) is 0.